The molecule has 1 atom stereocenters. The maximum absolute atomic E-state index is 13.1. The van der Waals surface area contributed by atoms with Gasteiger partial charge in [-0.1, -0.05) is 6.58 Å². The van der Waals surface area contributed by atoms with Gasteiger partial charge in [-0.2, -0.15) is 0 Å². The van der Waals surface area contributed by atoms with Gasteiger partial charge in [-0.15, -0.1) is 0 Å². The summed E-state index contributed by atoms with van der Waals surface area (Å²) >= 11 is 0. The third-order valence-corrected chi connectivity index (χ3v) is 6.35. The molecule has 0 bridgehead atoms. The maximum atomic E-state index is 13.1. The van der Waals surface area contributed by atoms with Crippen molar-refractivity contribution in [3.63, 3.8) is 0 Å². The lowest BCUT2D eigenvalue weighted by Gasteiger charge is -2.37. The molecule has 1 aromatic rings. The predicted octanol–water partition coefficient (Wildman–Crippen LogP) is 1.88. The van der Waals surface area contributed by atoms with E-state index in [0.29, 0.717) is 49.2 Å². The number of nitrogens with zero attached hydrogens (tertiary/aromatic N) is 3. The van der Waals surface area contributed by atoms with Crippen molar-refractivity contribution in [1.82, 2.24) is 15.1 Å². The first-order valence-electron chi connectivity index (χ1n) is 11.9. The number of rotatable bonds is 10. The topological polar surface area (TPSA) is 91.4 Å². The highest BCUT2D eigenvalue weighted by Crippen LogP contribution is 2.23. The molecule has 2 amide bonds. The molecule has 0 spiro atoms. The van der Waals surface area contributed by atoms with Crippen molar-refractivity contribution >= 4 is 23.8 Å². The van der Waals surface area contributed by atoms with Gasteiger partial charge in [-0.25, -0.2) is 0 Å². The number of amides is 2. The smallest absolute Gasteiger partial charge is 0.255 e. The van der Waals surface area contributed by atoms with Crippen LogP contribution in [0.1, 0.15) is 47.4 Å². The molecule has 0 radical (unpaired) electrons. The molecule has 1 aromatic carbocycles. The highest BCUT2D eigenvalue weighted by Gasteiger charge is 2.32. The molecule has 2 saturated heterocycles. The molecule has 3 rings (SSSR count). The predicted molar refractivity (Wildman–Crippen MR) is 130 cm³/mol. The molecule has 2 heterocycles. The van der Waals surface area contributed by atoms with E-state index in [1.165, 1.54) is 4.90 Å². The summed E-state index contributed by atoms with van der Waals surface area (Å²) in [5.74, 6) is -0.589. The number of likely N-dealkylation sites (N-methyl/N-ethyl adjacent to an activating group) is 1. The fourth-order valence-electron chi connectivity index (χ4n) is 4.43. The monoisotopic (exact) mass is 472 g/mol. The van der Waals surface area contributed by atoms with E-state index < -0.39 is 6.04 Å². The molecular formula is C25H36N4O5. The Balaban J connectivity index is 1.64. The van der Waals surface area contributed by atoms with Crippen molar-refractivity contribution in [2.75, 3.05) is 57.9 Å². The van der Waals surface area contributed by atoms with Gasteiger partial charge in [0.2, 0.25) is 5.91 Å². The number of aldehydes is 1. The van der Waals surface area contributed by atoms with Crippen molar-refractivity contribution < 1.29 is 23.9 Å². The van der Waals surface area contributed by atoms with E-state index >= 15 is 0 Å². The van der Waals surface area contributed by atoms with Gasteiger partial charge >= 0.3 is 0 Å². The zero-order chi connectivity index (χ0) is 24.7. The van der Waals surface area contributed by atoms with E-state index in [1.54, 1.807) is 19.2 Å². The lowest BCUT2D eigenvalue weighted by Crippen LogP contribution is -2.50. The SMILES string of the molecule is C=C1CCC(N(C)C(=O)c2ccc(N3CCN(CC(OCC)OCC)CC3)cc2C=O)C(=O)N1. The average Bonchev–Trinajstić information content (AvgIpc) is 2.83. The molecule has 0 aliphatic carbocycles. The third kappa shape index (κ3) is 6.22. The van der Waals surface area contributed by atoms with Crippen LogP contribution in [0.15, 0.2) is 30.5 Å². The fourth-order valence-corrected chi connectivity index (χ4v) is 4.43. The Kier molecular flexibility index (Phi) is 9.20. The number of anilines is 1. The van der Waals surface area contributed by atoms with Crippen molar-refractivity contribution in [2.45, 2.75) is 39.0 Å². The van der Waals surface area contributed by atoms with Gasteiger partial charge in [0, 0.05) is 69.9 Å². The Morgan fingerprint density at radius 1 is 1.24 bits per heavy atom. The zero-order valence-electron chi connectivity index (χ0n) is 20.4. The van der Waals surface area contributed by atoms with Crippen LogP contribution in [0.4, 0.5) is 5.69 Å². The van der Waals surface area contributed by atoms with E-state index in [4.69, 9.17) is 9.47 Å². The standard InChI is InChI=1S/C25H36N4O5/c1-5-33-23(34-6-2)16-28-11-13-29(14-12-28)20-8-9-21(19(15-20)17-30)25(32)27(4)22-10-7-18(3)26-24(22)31/h8-9,15,17,22-23H,3,5-7,10-14,16H2,1-2,4H3,(H,26,31). The first-order valence-corrected chi connectivity index (χ1v) is 11.9. The number of hydrogen-bond donors (Lipinski definition) is 1. The molecular weight excluding hydrogens is 436 g/mol. The van der Waals surface area contributed by atoms with E-state index in [2.05, 4.69) is 21.7 Å². The van der Waals surface area contributed by atoms with E-state index in [9.17, 15) is 14.4 Å². The molecule has 1 N–H and O–H groups in total. The van der Waals surface area contributed by atoms with Crippen LogP contribution in [-0.2, 0) is 14.3 Å². The largest absolute Gasteiger partial charge is 0.369 e. The summed E-state index contributed by atoms with van der Waals surface area (Å²) in [4.78, 5) is 43.2. The minimum atomic E-state index is -0.581. The van der Waals surface area contributed by atoms with Crippen LogP contribution >= 0.6 is 0 Å². The van der Waals surface area contributed by atoms with Crippen LogP contribution < -0.4 is 10.2 Å². The number of piperidine rings is 1. The number of carbonyl (C=O) groups excluding carboxylic acids is 3. The molecule has 34 heavy (non-hydrogen) atoms. The summed E-state index contributed by atoms with van der Waals surface area (Å²) in [5, 5.41) is 2.70. The molecule has 1 unspecified atom stereocenters. The Labute approximate surface area is 201 Å². The van der Waals surface area contributed by atoms with E-state index in [0.717, 1.165) is 38.4 Å². The quantitative estimate of drug-likeness (QED) is 0.411. The molecule has 9 nitrogen and oxygen atoms in total. The Bertz CT molecular complexity index is 891. The third-order valence-electron chi connectivity index (χ3n) is 6.35. The van der Waals surface area contributed by atoms with Crippen LogP contribution in [0.3, 0.4) is 0 Å². The molecule has 2 fully saturated rings. The Hall–Kier alpha value is -2.75. The molecule has 2 aliphatic heterocycles. The lowest BCUT2D eigenvalue weighted by molar-refractivity contribution is -0.147. The van der Waals surface area contributed by atoms with Crippen molar-refractivity contribution in [2.24, 2.45) is 0 Å². The van der Waals surface area contributed by atoms with Gasteiger partial charge in [0.1, 0.15) is 6.04 Å². The number of piperazine rings is 1. The van der Waals surface area contributed by atoms with Crippen LogP contribution in [0.5, 0.6) is 0 Å². The minimum Gasteiger partial charge on any atom is -0.369 e. The second-order valence-corrected chi connectivity index (χ2v) is 8.58. The number of carbonyl (C=O) groups is 3. The van der Waals surface area contributed by atoms with Crippen molar-refractivity contribution in [1.29, 1.82) is 0 Å². The number of hydrogen-bond acceptors (Lipinski definition) is 7. The van der Waals surface area contributed by atoms with E-state index in [1.807, 2.05) is 19.9 Å². The summed E-state index contributed by atoms with van der Waals surface area (Å²) in [5.41, 5.74) is 2.18. The summed E-state index contributed by atoms with van der Waals surface area (Å²) in [6.45, 7) is 12.9. The first kappa shape index (κ1) is 25.9. The first-order chi connectivity index (χ1) is 16.4. The van der Waals surface area contributed by atoms with Gasteiger partial charge < -0.3 is 24.6 Å². The molecule has 9 heteroatoms. The van der Waals surface area contributed by atoms with Crippen LogP contribution in [0.25, 0.3) is 0 Å². The molecule has 0 saturated carbocycles. The summed E-state index contributed by atoms with van der Waals surface area (Å²) in [6.07, 6.45) is 1.61. The highest BCUT2D eigenvalue weighted by molar-refractivity contribution is 6.03. The van der Waals surface area contributed by atoms with Crippen molar-refractivity contribution in [3.05, 3.63) is 41.6 Å². The summed E-state index contributed by atoms with van der Waals surface area (Å²) in [6, 6.07) is 4.73. The number of nitrogens with one attached hydrogen (secondary N) is 1. The van der Waals surface area contributed by atoms with Crippen LogP contribution in [0, 0.1) is 0 Å². The number of allylic oxidation sites excluding steroid dienone is 1. The van der Waals surface area contributed by atoms with Crippen LogP contribution in [-0.4, -0.2) is 93.2 Å². The maximum Gasteiger partial charge on any atom is 0.255 e. The molecule has 0 aromatic heterocycles. The Morgan fingerprint density at radius 2 is 1.91 bits per heavy atom. The fraction of sp³-hybridized carbons (Fsp3) is 0.560. The summed E-state index contributed by atoms with van der Waals surface area (Å²) < 4.78 is 11.3. The highest BCUT2D eigenvalue weighted by atomic mass is 16.7. The van der Waals surface area contributed by atoms with Crippen LogP contribution in [0.2, 0.25) is 0 Å². The molecule has 186 valence electrons. The number of benzene rings is 1. The van der Waals surface area contributed by atoms with E-state index in [-0.39, 0.29) is 18.1 Å². The van der Waals surface area contributed by atoms with Gasteiger partial charge in [0.25, 0.3) is 5.91 Å². The second kappa shape index (κ2) is 12.1. The Morgan fingerprint density at radius 3 is 2.50 bits per heavy atom. The van der Waals surface area contributed by atoms with Gasteiger partial charge in [0.15, 0.2) is 12.6 Å². The normalized spacial score (nSPS) is 19.3. The minimum absolute atomic E-state index is 0.227. The number of ether oxygens (including phenoxy) is 2. The lowest BCUT2D eigenvalue weighted by atomic mass is 10.0. The summed E-state index contributed by atoms with van der Waals surface area (Å²) in [7, 11) is 1.60. The average molecular weight is 473 g/mol. The van der Waals surface area contributed by atoms with Gasteiger partial charge in [0.05, 0.1) is 5.56 Å². The molecule has 2 aliphatic rings. The zero-order valence-corrected chi connectivity index (χ0v) is 20.4. The van der Waals surface area contributed by atoms with Crippen molar-refractivity contribution in [3.8, 4) is 0 Å². The van der Waals surface area contributed by atoms with Gasteiger partial charge in [-0.3, -0.25) is 19.3 Å². The van der Waals surface area contributed by atoms with Gasteiger partial charge in [-0.05, 0) is 44.9 Å². The second-order valence-electron chi connectivity index (χ2n) is 8.58.